The number of likely N-dealkylation sites (tertiary alicyclic amines) is 1. The number of nitrogens with zero attached hydrogens (tertiary/aromatic N) is 2. The van der Waals surface area contributed by atoms with Gasteiger partial charge in [-0.25, -0.2) is 0 Å². The van der Waals surface area contributed by atoms with E-state index < -0.39 is 0 Å². The van der Waals surface area contributed by atoms with Crippen molar-refractivity contribution in [3.63, 3.8) is 0 Å². The second kappa shape index (κ2) is 5.14. The third-order valence-corrected chi connectivity index (χ3v) is 3.47. The van der Waals surface area contributed by atoms with E-state index in [1.165, 1.54) is 12.0 Å². The minimum Gasteiger partial charge on any atom is -0.287 e. The van der Waals surface area contributed by atoms with Gasteiger partial charge in [0.15, 0.2) is 0 Å². The number of hydrogen-bond acceptors (Lipinski definition) is 2. The lowest BCUT2D eigenvalue weighted by Crippen LogP contribution is -2.31. The topological polar surface area (TPSA) is 27.0 Å². The summed E-state index contributed by atoms with van der Waals surface area (Å²) in [6, 6.07) is 13.1. The fourth-order valence-electron chi connectivity index (χ4n) is 2.50. The minimum atomic E-state index is 0.105. The monoisotopic (exact) mass is 214 g/mol. The first-order valence-corrected chi connectivity index (χ1v) is 6.03. The first-order chi connectivity index (χ1) is 7.85. The fourth-order valence-corrected chi connectivity index (χ4v) is 2.50. The van der Waals surface area contributed by atoms with E-state index in [1.807, 2.05) is 0 Å². The van der Waals surface area contributed by atoms with Gasteiger partial charge in [0.2, 0.25) is 0 Å². The van der Waals surface area contributed by atoms with Crippen molar-refractivity contribution < 1.29 is 0 Å². The average Bonchev–Trinajstić information content (AvgIpc) is 2.81. The summed E-state index contributed by atoms with van der Waals surface area (Å²) in [7, 11) is 0. The van der Waals surface area contributed by atoms with Crippen molar-refractivity contribution in [2.24, 2.45) is 0 Å². The Labute approximate surface area is 97.5 Å². The molecule has 0 amide bonds. The maximum Gasteiger partial charge on any atom is 0.0975 e. The van der Waals surface area contributed by atoms with Crippen LogP contribution in [-0.2, 0) is 0 Å². The van der Waals surface area contributed by atoms with Gasteiger partial charge in [0.1, 0.15) is 0 Å². The number of hydrogen-bond donors (Lipinski definition) is 0. The lowest BCUT2D eigenvalue weighted by molar-refractivity contribution is 0.280. The number of nitriles is 1. The molecule has 1 saturated heterocycles. The van der Waals surface area contributed by atoms with Gasteiger partial charge in [-0.2, -0.15) is 5.26 Å². The van der Waals surface area contributed by atoms with Gasteiger partial charge in [0.05, 0.1) is 12.1 Å². The quantitative estimate of drug-likeness (QED) is 0.773. The predicted molar refractivity (Wildman–Crippen MR) is 65.1 cm³/mol. The van der Waals surface area contributed by atoms with Crippen LogP contribution < -0.4 is 0 Å². The normalized spacial score (nSPS) is 22.9. The largest absolute Gasteiger partial charge is 0.287 e. The Morgan fingerprint density at radius 3 is 2.81 bits per heavy atom. The van der Waals surface area contributed by atoms with Gasteiger partial charge in [-0.3, -0.25) is 4.90 Å². The molecule has 2 rings (SSSR count). The highest BCUT2D eigenvalue weighted by Gasteiger charge is 2.27. The van der Waals surface area contributed by atoms with Gasteiger partial charge in [-0.1, -0.05) is 37.3 Å². The van der Waals surface area contributed by atoms with Gasteiger partial charge in [0, 0.05) is 13.1 Å². The van der Waals surface area contributed by atoms with Crippen LogP contribution in [0.25, 0.3) is 0 Å². The third kappa shape index (κ3) is 2.25. The molecule has 0 N–H and O–H groups in total. The fraction of sp³-hybridized carbons (Fsp3) is 0.500. The molecule has 0 bridgehead atoms. The van der Waals surface area contributed by atoms with E-state index in [0.29, 0.717) is 5.92 Å². The Bertz CT molecular complexity index is 366. The van der Waals surface area contributed by atoms with Crippen molar-refractivity contribution in [2.75, 3.05) is 13.1 Å². The molecule has 0 aromatic heterocycles. The van der Waals surface area contributed by atoms with Crippen LogP contribution in [-0.4, -0.2) is 24.0 Å². The van der Waals surface area contributed by atoms with Crippen molar-refractivity contribution in [3.05, 3.63) is 35.9 Å². The molecule has 2 atom stereocenters. The summed E-state index contributed by atoms with van der Waals surface area (Å²) >= 11 is 0. The Kier molecular flexibility index (Phi) is 3.58. The molecule has 1 fully saturated rings. The van der Waals surface area contributed by atoms with E-state index in [9.17, 15) is 0 Å². The summed E-state index contributed by atoms with van der Waals surface area (Å²) in [6.45, 7) is 4.19. The predicted octanol–water partition coefficient (Wildman–Crippen LogP) is 2.78. The molecule has 1 aliphatic rings. The Hall–Kier alpha value is -1.33. The molecule has 0 aliphatic carbocycles. The molecule has 2 heteroatoms. The van der Waals surface area contributed by atoms with Gasteiger partial charge >= 0.3 is 0 Å². The zero-order chi connectivity index (χ0) is 11.4. The Morgan fingerprint density at radius 2 is 2.19 bits per heavy atom. The molecule has 16 heavy (non-hydrogen) atoms. The molecular formula is C14H18N2. The van der Waals surface area contributed by atoms with E-state index in [-0.39, 0.29) is 6.04 Å². The molecule has 0 spiro atoms. The highest BCUT2D eigenvalue weighted by molar-refractivity contribution is 5.21. The van der Waals surface area contributed by atoms with Gasteiger partial charge in [-0.15, -0.1) is 0 Å². The summed E-state index contributed by atoms with van der Waals surface area (Å²) in [5, 5.41) is 9.05. The first-order valence-electron chi connectivity index (χ1n) is 6.03. The molecule has 1 aromatic carbocycles. The van der Waals surface area contributed by atoms with Crippen LogP contribution in [0.15, 0.2) is 30.3 Å². The second-order valence-corrected chi connectivity index (χ2v) is 4.44. The zero-order valence-electron chi connectivity index (χ0n) is 9.76. The third-order valence-electron chi connectivity index (χ3n) is 3.47. The maximum atomic E-state index is 9.05. The van der Waals surface area contributed by atoms with Crippen molar-refractivity contribution in [1.29, 1.82) is 5.26 Å². The second-order valence-electron chi connectivity index (χ2n) is 4.44. The van der Waals surface area contributed by atoms with Crippen LogP contribution in [0.1, 0.15) is 31.2 Å². The lowest BCUT2D eigenvalue weighted by atomic mass is 9.99. The van der Waals surface area contributed by atoms with Crippen molar-refractivity contribution in [2.45, 2.75) is 31.7 Å². The summed E-state index contributed by atoms with van der Waals surface area (Å²) in [6.07, 6.45) is 2.11. The molecule has 0 saturated carbocycles. The molecule has 0 radical (unpaired) electrons. The summed E-state index contributed by atoms with van der Waals surface area (Å²) in [5.74, 6) is 0.614. The molecule has 1 heterocycles. The smallest absolute Gasteiger partial charge is 0.0975 e. The van der Waals surface area contributed by atoms with Gasteiger partial charge < -0.3 is 0 Å². The standard InChI is InChI=1S/C14H18N2/c1-2-14(10-15)16-9-8-13(11-16)12-6-4-3-5-7-12/h3-7,13-14H,2,8-9,11H2,1H3. The van der Waals surface area contributed by atoms with Crippen molar-refractivity contribution >= 4 is 0 Å². The summed E-state index contributed by atoms with van der Waals surface area (Å²) < 4.78 is 0. The van der Waals surface area contributed by atoms with Crippen LogP contribution in [0.5, 0.6) is 0 Å². The molecule has 84 valence electrons. The first kappa shape index (κ1) is 11.2. The van der Waals surface area contributed by atoms with Crippen LogP contribution in [0.4, 0.5) is 0 Å². The average molecular weight is 214 g/mol. The molecule has 1 aromatic rings. The van der Waals surface area contributed by atoms with E-state index in [0.717, 1.165) is 19.5 Å². The van der Waals surface area contributed by atoms with Crippen LogP contribution in [0.3, 0.4) is 0 Å². The Balaban J connectivity index is 2.01. The number of benzene rings is 1. The van der Waals surface area contributed by atoms with Crippen LogP contribution in [0.2, 0.25) is 0 Å². The zero-order valence-corrected chi connectivity index (χ0v) is 9.76. The van der Waals surface area contributed by atoms with E-state index in [1.54, 1.807) is 0 Å². The Morgan fingerprint density at radius 1 is 1.44 bits per heavy atom. The molecular weight excluding hydrogens is 196 g/mol. The van der Waals surface area contributed by atoms with E-state index in [4.69, 9.17) is 5.26 Å². The van der Waals surface area contributed by atoms with E-state index >= 15 is 0 Å². The molecule has 2 unspecified atom stereocenters. The van der Waals surface area contributed by atoms with E-state index in [2.05, 4.69) is 48.2 Å². The van der Waals surface area contributed by atoms with Crippen LogP contribution in [0, 0.1) is 11.3 Å². The number of rotatable bonds is 3. The summed E-state index contributed by atoms with van der Waals surface area (Å²) in [4.78, 5) is 2.32. The van der Waals surface area contributed by atoms with Gasteiger partial charge in [0.25, 0.3) is 0 Å². The maximum absolute atomic E-state index is 9.05. The van der Waals surface area contributed by atoms with Crippen LogP contribution >= 0.6 is 0 Å². The van der Waals surface area contributed by atoms with Crippen molar-refractivity contribution in [3.8, 4) is 6.07 Å². The molecule has 1 aliphatic heterocycles. The van der Waals surface area contributed by atoms with Gasteiger partial charge in [-0.05, 0) is 24.3 Å². The summed E-state index contributed by atoms with van der Waals surface area (Å²) in [5.41, 5.74) is 1.41. The van der Waals surface area contributed by atoms with Crippen molar-refractivity contribution in [1.82, 2.24) is 4.90 Å². The SMILES string of the molecule is CCC(C#N)N1CCC(c2ccccc2)C1. The highest BCUT2D eigenvalue weighted by atomic mass is 15.2. The minimum absolute atomic E-state index is 0.105. The highest BCUT2D eigenvalue weighted by Crippen LogP contribution is 2.28. The molecule has 2 nitrogen and oxygen atoms in total. The lowest BCUT2D eigenvalue weighted by Gasteiger charge is -2.20.